The number of aliphatic imine (C=N–C) groups is 1. The van der Waals surface area contributed by atoms with E-state index in [1.807, 2.05) is 46.8 Å². The van der Waals surface area contributed by atoms with Crippen LogP contribution in [-0.4, -0.2) is 53.6 Å². The largest absolute Gasteiger partial charge is 0.487 e. The summed E-state index contributed by atoms with van der Waals surface area (Å²) in [4.78, 5) is 32.6. The number of carbonyl (C=O) groups excluding carboxylic acids is 2. The number of ether oxygens (including phenoxy) is 2. The second-order valence-electron chi connectivity index (χ2n) is 11.3. The molecule has 3 N–H and O–H groups in total. The van der Waals surface area contributed by atoms with Crippen molar-refractivity contribution in [2.45, 2.75) is 83.5 Å². The quantitative estimate of drug-likeness (QED) is 0.588. The number of nitrogens with zero attached hydrogens (tertiary/aromatic N) is 2. The molecule has 1 aromatic rings. The first kappa shape index (κ1) is 25.8. The van der Waals surface area contributed by atoms with Crippen molar-refractivity contribution in [2.24, 2.45) is 22.6 Å². The van der Waals surface area contributed by atoms with Gasteiger partial charge in [0.05, 0.1) is 18.0 Å². The monoisotopic (exact) mass is 504 g/mol. The molecule has 1 saturated carbocycles. The number of hydrogen-bond acceptors (Lipinski definition) is 6. The summed E-state index contributed by atoms with van der Waals surface area (Å²) in [5, 5.41) is 3.89. The number of carbonyl (C=O) groups is 2. The van der Waals surface area contributed by atoms with Crippen LogP contribution in [-0.2, 0) is 14.3 Å². The Kier molecular flexibility index (Phi) is 6.83. The molecular weight excluding hydrogens is 468 g/mol. The fourth-order valence-corrected chi connectivity index (χ4v) is 5.61. The molecule has 0 aromatic heterocycles. The van der Waals surface area contributed by atoms with E-state index in [1.54, 1.807) is 12.0 Å². The lowest BCUT2D eigenvalue weighted by Crippen LogP contribution is -2.55. The molecule has 2 aliphatic heterocycles. The van der Waals surface area contributed by atoms with Crippen molar-refractivity contribution in [2.75, 3.05) is 13.7 Å². The molecule has 192 valence electrons. The van der Waals surface area contributed by atoms with Crippen LogP contribution in [0.5, 0.6) is 5.75 Å². The van der Waals surface area contributed by atoms with E-state index in [1.165, 1.54) is 0 Å². The molecule has 4 atom stereocenters. The van der Waals surface area contributed by atoms with E-state index >= 15 is 0 Å². The minimum absolute atomic E-state index is 0.00186. The molecule has 2 amide bonds. The number of fused-ring (bicyclic) bond motifs is 1. The van der Waals surface area contributed by atoms with Crippen molar-refractivity contribution < 1.29 is 19.1 Å². The smallest absolute Gasteiger partial charge is 0.231 e. The number of amides is 2. The fraction of sp³-hybridized carbons (Fsp3) is 0.654. The lowest BCUT2D eigenvalue weighted by Gasteiger charge is -2.39. The number of benzene rings is 1. The van der Waals surface area contributed by atoms with Gasteiger partial charge in [-0.2, -0.15) is 0 Å². The SMILES string of the molecule is COCC[C@@H]([C@@H]1C[C@H]1C(=O)NC1CC(C)(C)Oc2cc(C)c(Cl)cc21)N1C(=O)CC(C)(C)N=C1N. The van der Waals surface area contributed by atoms with Crippen LogP contribution in [0.15, 0.2) is 17.1 Å². The van der Waals surface area contributed by atoms with Crippen LogP contribution in [0.25, 0.3) is 0 Å². The fourth-order valence-electron chi connectivity index (χ4n) is 5.44. The van der Waals surface area contributed by atoms with Crippen LogP contribution in [0.3, 0.4) is 0 Å². The van der Waals surface area contributed by atoms with Gasteiger partial charge in [0.15, 0.2) is 5.96 Å². The highest BCUT2D eigenvalue weighted by Gasteiger charge is 2.52. The van der Waals surface area contributed by atoms with E-state index in [4.69, 9.17) is 26.8 Å². The lowest BCUT2D eigenvalue weighted by atomic mass is 9.89. The standard InChI is InChI=1S/C26H37ClN4O4/c1-14-9-21-17(11-18(14)27)19(12-26(4,5)35-21)29-23(33)16-10-15(16)20(7-8-34-6)31-22(32)13-25(2,3)30-24(31)28/h9,11,15-16,19-20H,7-8,10,12-13H2,1-6H3,(H2,28,30)(H,29,33)/t15-,16-,19?,20+/m1/s1. The molecule has 0 radical (unpaired) electrons. The van der Waals surface area contributed by atoms with E-state index < -0.39 is 11.1 Å². The highest BCUT2D eigenvalue weighted by Crippen LogP contribution is 2.47. The van der Waals surface area contributed by atoms with Crippen molar-refractivity contribution in [3.63, 3.8) is 0 Å². The van der Waals surface area contributed by atoms with Crippen molar-refractivity contribution in [3.8, 4) is 5.75 Å². The summed E-state index contributed by atoms with van der Waals surface area (Å²) >= 11 is 6.40. The normalized spacial score (nSPS) is 27.4. The molecule has 8 nitrogen and oxygen atoms in total. The summed E-state index contributed by atoms with van der Waals surface area (Å²) in [7, 11) is 1.63. The Morgan fingerprint density at radius 3 is 2.74 bits per heavy atom. The van der Waals surface area contributed by atoms with Crippen molar-refractivity contribution >= 4 is 29.4 Å². The number of nitrogens with one attached hydrogen (secondary N) is 1. The number of rotatable bonds is 7. The maximum atomic E-state index is 13.4. The van der Waals surface area contributed by atoms with Gasteiger partial charge < -0.3 is 20.5 Å². The van der Waals surface area contributed by atoms with E-state index in [0.717, 1.165) is 16.9 Å². The highest BCUT2D eigenvalue weighted by atomic mass is 35.5. The van der Waals surface area contributed by atoms with Gasteiger partial charge in [-0.3, -0.25) is 14.5 Å². The van der Waals surface area contributed by atoms with Gasteiger partial charge in [0, 0.05) is 42.7 Å². The molecular formula is C26H37ClN4O4. The number of aryl methyl sites for hydroxylation is 1. The Morgan fingerprint density at radius 1 is 1.37 bits per heavy atom. The Labute approximate surface area is 212 Å². The molecule has 4 rings (SSSR count). The summed E-state index contributed by atoms with van der Waals surface area (Å²) in [5.41, 5.74) is 7.14. The molecule has 0 bridgehead atoms. The minimum Gasteiger partial charge on any atom is -0.487 e. The van der Waals surface area contributed by atoms with Crippen molar-refractivity contribution in [1.29, 1.82) is 0 Å². The molecule has 3 aliphatic rings. The summed E-state index contributed by atoms with van der Waals surface area (Å²) in [6, 6.07) is 3.39. The second kappa shape index (κ2) is 9.28. The summed E-state index contributed by atoms with van der Waals surface area (Å²) < 4.78 is 11.5. The molecule has 9 heteroatoms. The second-order valence-corrected chi connectivity index (χ2v) is 11.8. The number of guanidine groups is 1. The number of halogens is 1. The third-order valence-electron chi connectivity index (χ3n) is 7.20. The zero-order chi connectivity index (χ0) is 25.7. The summed E-state index contributed by atoms with van der Waals surface area (Å²) in [5.74, 6) is 0.691. The number of hydrogen-bond donors (Lipinski definition) is 2. The molecule has 35 heavy (non-hydrogen) atoms. The molecule has 1 aromatic carbocycles. The summed E-state index contributed by atoms with van der Waals surface area (Å²) in [6.07, 6.45) is 2.20. The van der Waals surface area contributed by atoms with E-state index in [-0.39, 0.29) is 48.1 Å². The van der Waals surface area contributed by atoms with Crippen LogP contribution >= 0.6 is 11.6 Å². The van der Waals surface area contributed by atoms with E-state index in [9.17, 15) is 9.59 Å². The first-order chi connectivity index (χ1) is 16.3. The van der Waals surface area contributed by atoms with Crippen LogP contribution in [0.2, 0.25) is 5.02 Å². The number of methoxy groups -OCH3 is 1. The summed E-state index contributed by atoms with van der Waals surface area (Å²) in [6.45, 7) is 10.2. The average Bonchev–Trinajstić information content (AvgIpc) is 3.51. The molecule has 1 fully saturated rings. The molecule has 2 heterocycles. The van der Waals surface area contributed by atoms with E-state index in [2.05, 4.69) is 10.3 Å². The average molecular weight is 505 g/mol. The van der Waals surface area contributed by atoms with Crippen LogP contribution in [0.4, 0.5) is 0 Å². The zero-order valence-electron chi connectivity index (χ0n) is 21.5. The molecule has 0 saturated heterocycles. The topological polar surface area (TPSA) is 106 Å². The predicted octanol–water partition coefficient (Wildman–Crippen LogP) is 3.73. The number of nitrogens with two attached hydrogens (primary N) is 1. The Morgan fingerprint density at radius 2 is 2.09 bits per heavy atom. The Hall–Kier alpha value is -2.32. The first-order valence-corrected chi connectivity index (χ1v) is 12.7. The molecule has 1 unspecified atom stereocenters. The van der Waals surface area contributed by atoms with Gasteiger partial charge >= 0.3 is 0 Å². The van der Waals surface area contributed by atoms with Crippen LogP contribution in [0.1, 0.15) is 70.5 Å². The maximum absolute atomic E-state index is 13.4. The van der Waals surface area contributed by atoms with Gasteiger partial charge in [-0.1, -0.05) is 11.6 Å². The van der Waals surface area contributed by atoms with Gasteiger partial charge in [0.2, 0.25) is 11.8 Å². The van der Waals surface area contributed by atoms with Gasteiger partial charge in [-0.25, -0.2) is 4.99 Å². The minimum atomic E-state index is -0.521. The first-order valence-electron chi connectivity index (χ1n) is 12.3. The molecule has 0 spiro atoms. The Bertz CT molecular complexity index is 1050. The third-order valence-corrected chi connectivity index (χ3v) is 7.61. The van der Waals surface area contributed by atoms with Crippen molar-refractivity contribution in [1.82, 2.24) is 10.2 Å². The highest BCUT2D eigenvalue weighted by molar-refractivity contribution is 6.31. The van der Waals surface area contributed by atoms with Gasteiger partial charge in [-0.15, -0.1) is 0 Å². The van der Waals surface area contributed by atoms with E-state index in [0.29, 0.717) is 30.9 Å². The van der Waals surface area contributed by atoms with Crippen LogP contribution in [0, 0.1) is 18.8 Å². The van der Waals surface area contributed by atoms with Gasteiger partial charge in [0.1, 0.15) is 11.4 Å². The predicted molar refractivity (Wildman–Crippen MR) is 135 cm³/mol. The van der Waals surface area contributed by atoms with Crippen LogP contribution < -0.4 is 15.8 Å². The molecule has 1 aliphatic carbocycles. The van der Waals surface area contributed by atoms with Crippen molar-refractivity contribution in [3.05, 3.63) is 28.3 Å². The Balaban J connectivity index is 1.52. The third kappa shape index (κ3) is 5.43. The van der Waals surface area contributed by atoms with Gasteiger partial charge in [-0.05, 0) is 71.1 Å². The van der Waals surface area contributed by atoms with Gasteiger partial charge in [0.25, 0.3) is 0 Å². The zero-order valence-corrected chi connectivity index (χ0v) is 22.2. The maximum Gasteiger partial charge on any atom is 0.231 e. The lowest BCUT2D eigenvalue weighted by molar-refractivity contribution is -0.132.